The van der Waals surface area contributed by atoms with Gasteiger partial charge < -0.3 is 20.1 Å². The Morgan fingerprint density at radius 3 is 2.35 bits per heavy atom. The Balaban J connectivity index is 1.91. The molecule has 1 aromatic carbocycles. The molecule has 0 bridgehead atoms. The Morgan fingerprint density at radius 2 is 1.78 bits per heavy atom. The number of ether oxygens (including phenoxy) is 2. The van der Waals surface area contributed by atoms with E-state index in [-0.39, 0.29) is 12.2 Å². The van der Waals surface area contributed by atoms with Crippen molar-refractivity contribution in [1.29, 1.82) is 0 Å². The molecule has 0 spiro atoms. The first-order chi connectivity index (χ1) is 10.8. The summed E-state index contributed by atoms with van der Waals surface area (Å²) in [6, 6.07) is 6.93. The molecule has 0 atom stereocenters. The van der Waals surface area contributed by atoms with Crippen LogP contribution in [0.5, 0.6) is 5.75 Å². The van der Waals surface area contributed by atoms with Gasteiger partial charge in [-0.1, -0.05) is 12.1 Å². The molecular weight excluding hydrogens is 296 g/mol. The number of likely N-dealkylation sites (tertiary alicyclic amines) is 1. The number of carbonyl (C=O) groups is 2. The summed E-state index contributed by atoms with van der Waals surface area (Å²) in [7, 11) is 0. The molecule has 1 aliphatic rings. The Hall–Kier alpha value is -2.24. The Bertz CT molecular complexity index is 572. The molecule has 1 aromatic rings. The molecule has 0 aliphatic carbocycles. The first-order valence-corrected chi connectivity index (χ1v) is 7.79. The van der Waals surface area contributed by atoms with E-state index >= 15 is 0 Å². The van der Waals surface area contributed by atoms with Crippen molar-refractivity contribution in [2.75, 3.05) is 13.1 Å². The van der Waals surface area contributed by atoms with Crippen LogP contribution in [0.2, 0.25) is 0 Å². The molecule has 0 aromatic heterocycles. The Kier molecular flexibility index (Phi) is 5.13. The van der Waals surface area contributed by atoms with Crippen LogP contribution in [-0.4, -0.2) is 41.7 Å². The highest BCUT2D eigenvalue weighted by Crippen LogP contribution is 2.23. The monoisotopic (exact) mass is 320 g/mol. The van der Waals surface area contributed by atoms with E-state index in [0.717, 1.165) is 0 Å². The van der Waals surface area contributed by atoms with Crippen LogP contribution in [0.4, 0.5) is 4.79 Å². The SMILES string of the molecule is CC(C)(C)OC(=O)N1CCC(Oc2ccccc2C(N)=O)CC1. The minimum atomic E-state index is -0.508. The van der Waals surface area contributed by atoms with Crippen LogP contribution in [0.1, 0.15) is 44.0 Å². The third kappa shape index (κ3) is 4.87. The summed E-state index contributed by atoms with van der Waals surface area (Å²) < 4.78 is 11.3. The summed E-state index contributed by atoms with van der Waals surface area (Å²) in [6.45, 7) is 6.68. The second-order valence-corrected chi connectivity index (χ2v) is 6.65. The maximum atomic E-state index is 12.0. The lowest BCUT2D eigenvalue weighted by molar-refractivity contribution is 0.0126. The van der Waals surface area contributed by atoms with E-state index in [2.05, 4.69) is 0 Å². The van der Waals surface area contributed by atoms with E-state index < -0.39 is 11.5 Å². The Morgan fingerprint density at radius 1 is 1.17 bits per heavy atom. The van der Waals surface area contributed by atoms with Crippen molar-refractivity contribution in [3.8, 4) is 5.75 Å². The van der Waals surface area contributed by atoms with Gasteiger partial charge in [0.25, 0.3) is 5.91 Å². The van der Waals surface area contributed by atoms with Crippen molar-refractivity contribution < 1.29 is 19.1 Å². The molecular formula is C17H24N2O4. The van der Waals surface area contributed by atoms with E-state index in [1.165, 1.54) is 0 Å². The number of hydrogen-bond acceptors (Lipinski definition) is 4. The summed E-state index contributed by atoms with van der Waals surface area (Å²) >= 11 is 0. The number of para-hydroxylation sites is 1. The summed E-state index contributed by atoms with van der Waals surface area (Å²) in [5.41, 5.74) is 5.23. The van der Waals surface area contributed by atoms with Crippen LogP contribution < -0.4 is 10.5 Å². The molecule has 1 heterocycles. The molecule has 2 amide bonds. The topological polar surface area (TPSA) is 81.9 Å². The number of primary amides is 1. The van der Waals surface area contributed by atoms with E-state index in [9.17, 15) is 9.59 Å². The minimum Gasteiger partial charge on any atom is -0.489 e. The van der Waals surface area contributed by atoms with E-state index in [4.69, 9.17) is 15.2 Å². The van der Waals surface area contributed by atoms with Crippen molar-refractivity contribution in [3.63, 3.8) is 0 Å². The smallest absolute Gasteiger partial charge is 0.410 e. The van der Waals surface area contributed by atoms with Crippen molar-refractivity contribution in [2.45, 2.75) is 45.3 Å². The van der Waals surface area contributed by atoms with Gasteiger partial charge in [0.1, 0.15) is 17.5 Å². The molecule has 1 saturated heterocycles. The molecule has 1 aliphatic heterocycles. The fourth-order valence-corrected chi connectivity index (χ4v) is 2.44. The number of rotatable bonds is 3. The zero-order valence-electron chi connectivity index (χ0n) is 13.9. The van der Waals surface area contributed by atoms with Crippen LogP contribution in [0.3, 0.4) is 0 Å². The van der Waals surface area contributed by atoms with Gasteiger partial charge in [-0.2, -0.15) is 0 Å². The molecule has 23 heavy (non-hydrogen) atoms. The predicted molar refractivity (Wildman–Crippen MR) is 86.4 cm³/mol. The van der Waals surface area contributed by atoms with E-state index in [1.807, 2.05) is 20.8 Å². The number of piperidine rings is 1. The minimum absolute atomic E-state index is 0.0470. The maximum absolute atomic E-state index is 12.0. The molecule has 2 rings (SSSR count). The van der Waals surface area contributed by atoms with Gasteiger partial charge in [-0.15, -0.1) is 0 Å². The van der Waals surface area contributed by atoms with Crippen LogP contribution in [0.25, 0.3) is 0 Å². The Labute approximate surface area is 136 Å². The molecule has 6 nitrogen and oxygen atoms in total. The zero-order chi connectivity index (χ0) is 17.0. The van der Waals surface area contributed by atoms with E-state index in [1.54, 1.807) is 29.2 Å². The molecule has 126 valence electrons. The highest BCUT2D eigenvalue weighted by atomic mass is 16.6. The fraction of sp³-hybridized carbons (Fsp3) is 0.529. The molecule has 6 heteroatoms. The lowest BCUT2D eigenvalue weighted by Gasteiger charge is -2.33. The third-order valence-corrected chi connectivity index (χ3v) is 3.54. The van der Waals surface area contributed by atoms with Crippen molar-refractivity contribution in [3.05, 3.63) is 29.8 Å². The number of carbonyl (C=O) groups excluding carboxylic acids is 2. The van der Waals surface area contributed by atoms with Crippen LogP contribution >= 0.6 is 0 Å². The average Bonchev–Trinajstić information content (AvgIpc) is 2.46. The number of amides is 2. The quantitative estimate of drug-likeness (QED) is 0.928. The van der Waals surface area contributed by atoms with Crippen molar-refractivity contribution in [2.24, 2.45) is 5.73 Å². The second kappa shape index (κ2) is 6.89. The molecule has 0 radical (unpaired) electrons. The number of nitrogens with two attached hydrogens (primary N) is 1. The highest BCUT2D eigenvalue weighted by Gasteiger charge is 2.28. The third-order valence-electron chi connectivity index (χ3n) is 3.54. The first kappa shape index (κ1) is 17.1. The highest BCUT2D eigenvalue weighted by molar-refractivity contribution is 5.95. The van der Waals surface area contributed by atoms with Gasteiger partial charge >= 0.3 is 6.09 Å². The van der Waals surface area contributed by atoms with Gasteiger partial charge in [-0.05, 0) is 32.9 Å². The van der Waals surface area contributed by atoms with Gasteiger partial charge in [-0.3, -0.25) is 4.79 Å². The number of hydrogen-bond donors (Lipinski definition) is 1. The summed E-state index contributed by atoms with van der Waals surface area (Å²) in [5, 5.41) is 0. The molecule has 1 fully saturated rings. The maximum Gasteiger partial charge on any atom is 0.410 e. The van der Waals surface area contributed by atoms with Gasteiger partial charge in [0, 0.05) is 25.9 Å². The second-order valence-electron chi connectivity index (χ2n) is 6.65. The standard InChI is InChI=1S/C17H24N2O4/c1-17(2,3)23-16(21)19-10-8-12(9-11-19)22-14-7-5-4-6-13(14)15(18)20/h4-7,12H,8-11H2,1-3H3,(H2,18,20). The van der Waals surface area contributed by atoms with Crippen LogP contribution in [0, 0.1) is 0 Å². The zero-order valence-corrected chi connectivity index (χ0v) is 13.9. The number of benzene rings is 1. The van der Waals surface area contributed by atoms with Gasteiger partial charge in [-0.25, -0.2) is 4.79 Å². The predicted octanol–water partition coefficient (Wildman–Crippen LogP) is 2.56. The normalized spacial score (nSPS) is 16.0. The van der Waals surface area contributed by atoms with Gasteiger partial charge in [0.05, 0.1) is 5.56 Å². The molecule has 2 N–H and O–H groups in total. The van der Waals surface area contributed by atoms with Crippen molar-refractivity contribution >= 4 is 12.0 Å². The van der Waals surface area contributed by atoms with Gasteiger partial charge in [0.15, 0.2) is 0 Å². The van der Waals surface area contributed by atoms with E-state index in [0.29, 0.717) is 37.2 Å². The average molecular weight is 320 g/mol. The summed E-state index contributed by atoms with van der Waals surface area (Å²) in [5.74, 6) is -0.0116. The lowest BCUT2D eigenvalue weighted by Crippen LogP contribution is -2.44. The van der Waals surface area contributed by atoms with Crippen LogP contribution in [-0.2, 0) is 4.74 Å². The molecule has 0 unspecified atom stereocenters. The van der Waals surface area contributed by atoms with Gasteiger partial charge in [0.2, 0.25) is 0 Å². The number of nitrogens with zero attached hydrogens (tertiary/aromatic N) is 1. The summed E-state index contributed by atoms with van der Waals surface area (Å²) in [6.07, 6.45) is 1.03. The molecule has 0 saturated carbocycles. The summed E-state index contributed by atoms with van der Waals surface area (Å²) in [4.78, 5) is 25.1. The van der Waals surface area contributed by atoms with Crippen molar-refractivity contribution in [1.82, 2.24) is 4.90 Å². The largest absolute Gasteiger partial charge is 0.489 e. The lowest BCUT2D eigenvalue weighted by atomic mass is 10.1. The first-order valence-electron chi connectivity index (χ1n) is 7.79. The fourth-order valence-electron chi connectivity index (χ4n) is 2.44. The van der Waals surface area contributed by atoms with Crippen LogP contribution in [0.15, 0.2) is 24.3 Å².